The number of amides is 1. The van der Waals surface area contributed by atoms with Crippen molar-refractivity contribution in [3.8, 4) is 22.9 Å². The van der Waals surface area contributed by atoms with Gasteiger partial charge in [-0.2, -0.15) is 0 Å². The summed E-state index contributed by atoms with van der Waals surface area (Å²) < 4.78 is 7.28. The smallest absolute Gasteiger partial charge is 0.302 e. The van der Waals surface area contributed by atoms with Crippen LogP contribution < -0.4 is 10.1 Å². The second kappa shape index (κ2) is 13.8. The molecule has 49 heavy (non-hydrogen) atoms. The Hall–Kier alpha value is -6.39. The fourth-order valence-electron chi connectivity index (χ4n) is 5.40. The van der Waals surface area contributed by atoms with E-state index in [9.17, 15) is 14.7 Å². The Morgan fingerprint density at radius 1 is 0.878 bits per heavy atom. The number of aromatic nitrogens is 3. The van der Waals surface area contributed by atoms with Crippen molar-refractivity contribution in [3.63, 3.8) is 0 Å². The summed E-state index contributed by atoms with van der Waals surface area (Å²) >= 11 is 5.98. The third-order valence-electron chi connectivity index (χ3n) is 7.82. The van der Waals surface area contributed by atoms with Gasteiger partial charge in [-0.15, -0.1) is 10.2 Å². The van der Waals surface area contributed by atoms with E-state index >= 15 is 0 Å². The zero-order valence-corrected chi connectivity index (χ0v) is 26.6. The molecule has 0 saturated heterocycles. The van der Waals surface area contributed by atoms with E-state index in [1.165, 1.54) is 0 Å². The number of aromatic hydroxyl groups is 1. The lowest BCUT2D eigenvalue weighted by Gasteiger charge is -2.11. The minimum Gasteiger partial charge on any atom is -0.493 e. The summed E-state index contributed by atoms with van der Waals surface area (Å²) in [6, 6.07) is 35.9. The van der Waals surface area contributed by atoms with E-state index in [0.29, 0.717) is 44.1 Å². The first-order chi connectivity index (χ1) is 23.9. The molecule has 3 heterocycles. The topological polar surface area (TPSA) is 131 Å². The zero-order chi connectivity index (χ0) is 33.7. The van der Waals surface area contributed by atoms with E-state index in [4.69, 9.17) is 21.3 Å². The highest BCUT2D eigenvalue weighted by Crippen LogP contribution is 2.39. The third kappa shape index (κ3) is 6.71. The van der Waals surface area contributed by atoms with Gasteiger partial charge in [-0.3, -0.25) is 14.2 Å². The first-order valence-electron chi connectivity index (χ1n) is 15.3. The van der Waals surface area contributed by atoms with Crippen LogP contribution in [0.25, 0.3) is 33.2 Å². The Bertz CT molecular complexity index is 2340. The summed E-state index contributed by atoms with van der Waals surface area (Å²) in [5.41, 5.74) is 4.46. The molecular formula is C38H27ClN6O4. The highest BCUT2D eigenvalue weighted by atomic mass is 35.5. The number of ketones is 1. The first kappa shape index (κ1) is 31.2. The number of nitrogens with zero attached hydrogens (tertiary/aromatic N) is 5. The first-order valence-corrected chi connectivity index (χ1v) is 15.7. The Balaban J connectivity index is 1.04. The number of anilines is 1. The van der Waals surface area contributed by atoms with Gasteiger partial charge in [-0.25, -0.2) is 9.97 Å². The van der Waals surface area contributed by atoms with Gasteiger partial charge in [0.05, 0.1) is 17.9 Å². The van der Waals surface area contributed by atoms with Crippen molar-refractivity contribution < 1.29 is 19.4 Å². The van der Waals surface area contributed by atoms with E-state index in [0.717, 1.165) is 16.6 Å². The van der Waals surface area contributed by atoms with Crippen LogP contribution in [-0.2, 0) is 11.5 Å². The molecule has 7 aromatic rings. The molecule has 0 fully saturated rings. The van der Waals surface area contributed by atoms with E-state index < -0.39 is 12.5 Å². The Kier molecular flexibility index (Phi) is 8.77. The monoisotopic (exact) mass is 666 g/mol. The maximum absolute atomic E-state index is 13.7. The van der Waals surface area contributed by atoms with Crippen LogP contribution in [0.4, 0.5) is 11.4 Å². The molecule has 0 saturated carbocycles. The molecule has 1 amide bonds. The number of ether oxygens (including phenoxy) is 1. The molecule has 0 aliphatic rings. The standard InChI is InChI=1S/C38H27ClN6O4/c39-27-14-16-28(17-15-27)41-23-45-32-11-5-4-10-30(32)35(38(45)48)44-43-33(46)22-49-29-18-12-25(13-19-29)36(47)31-21-26-9-6-20-40-37(26)42-34(31)24-7-2-1-3-8-24/h1-21,41,48H,22-23H2. The zero-order valence-electron chi connectivity index (χ0n) is 25.8. The van der Waals surface area contributed by atoms with Crippen molar-refractivity contribution in [1.82, 2.24) is 14.5 Å². The van der Waals surface area contributed by atoms with E-state index in [2.05, 4.69) is 20.5 Å². The van der Waals surface area contributed by atoms with Gasteiger partial charge in [-0.1, -0.05) is 60.1 Å². The predicted octanol–water partition coefficient (Wildman–Crippen LogP) is 8.60. The number of rotatable bonds is 10. The van der Waals surface area contributed by atoms with Crippen molar-refractivity contribution >= 4 is 56.6 Å². The van der Waals surface area contributed by atoms with Gasteiger partial charge in [0.25, 0.3) is 0 Å². The summed E-state index contributed by atoms with van der Waals surface area (Å²) in [5.74, 6) is -0.638. The molecule has 4 aromatic carbocycles. The minimum atomic E-state index is -0.654. The lowest BCUT2D eigenvalue weighted by Crippen LogP contribution is -2.09. The molecule has 0 aliphatic heterocycles. The Morgan fingerprint density at radius 3 is 2.43 bits per heavy atom. The lowest BCUT2D eigenvalue weighted by molar-refractivity contribution is -0.120. The highest BCUT2D eigenvalue weighted by molar-refractivity contribution is 6.30. The summed E-state index contributed by atoms with van der Waals surface area (Å²) in [7, 11) is 0. The number of carbonyl (C=O) groups is 2. The normalized spacial score (nSPS) is 11.3. The van der Waals surface area contributed by atoms with Crippen LogP contribution in [0.1, 0.15) is 15.9 Å². The van der Waals surface area contributed by atoms with Crippen molar-refractivity contribution in [2.75, 3.05) is 11.9 Å². The second-order valence-corrected chi connectivity index (χ2v) is 11.4. The summed E-state index contributed by atoms with van der Waals surface area (Å²) in [6.07, 6.45) is 1.67. The fraction of sp³-hybridized carbons (Fsp3) is 0.0526. The van der Waals surface area contributed by atoms with Crippen LogP contribution in [0.2, 0.25) is 5.02 Å². The minimum absolute atomic E-state index is 0.145. The van der Waals surface area contributed by atoms with Gasteiger partial charge >= 0.3 is 5.91 Å². The molecule has 2 N–H and O–H groups in total. The summed E-state index contributed by atoms with van der Waals surface area (Å²) in [6.45, 7) is -0.157. The fourth-order valence-corrected chi connectivity index (χ4v) is 5.53. The van der Waals surface area contributed by atoms with Crippen LogP contribution in [0, 0.1) is 0 Å². The summed E-state index contributed by atoms with van der Waals surface area (Å²) in [4.78, 5) is 35.4. The van der Waals surface area contributed by atoms with Gasteiger partial charge in [0.15, 0.2) is 23.7 Å². The van der Waals surface area contributed by atoms with Gasteiger partial charge < -0.3 is 15.2 Å². The van der Waals surface area contributed by atoms with E-state index in [1.807, 2.05) is 66.7 Å². The van der Waals surface area contributed by atoms with Crippen LogP contribution in [-0.4, -0.2) is 37.9 Å². The maximum atomic E-state index is 13.7. The van der Waals surface area contributed by atoms with Crippen molar-refractivity contribution in [2.24, 2.45) is 10.2 Å². The quantitative estimate of drug-likeness (QED) is 0.110. The molecule has 7 rings (SSSR count). The Morgan fingerprint density at radius 2 is 1.63 bits per heavy atom. The van der Waals surface area contributed by atoms with Gasteiger partial charge in [0.2, 0.25) is 5.88 Å². The number of benzene rings is 4. The molecule has 0 atom stereocenters. The van der Waals surface area contributed by atoms with E-state index in [1.54, 1.807) is 65.4 Å². The average Bonchev–Trinajstić information content (AvgIpc) is 3.42. The lowest BCUT2D eigenvalue weighted by atomic mass is 9.97. The third-order valence-corrected chi connectivity index (χ3v) is 8.08. The van der Waals surface area contributed by atoms with Crippen LogP contribution in [0.5, 0.6) is 11.6 Å². The average molecular weight is 667 g/mol. The maximum Gasteiger partial charge on any atom is 0.302 e. The molecule has 11 heteroatoms. The molecule has 0 unspecified atom stereocenters. The SMILES string of the molecule is O=C(COc1ccc(C(=O)c2cc3cccnc3nc2-c2ccccc2)cc1)N=Nc1c(O)n(CNc2ccc(Cl)cc2)c2ccccc12. The number of hydrogen-bond acceptors (Lipinski definition) is 8. The molecular weight excluding hydrogens is 640 g/mol. The number of hydrogen-bond donors (Lipinski definition) is 2. The molecule has 0 radical (unpaired) electrons. The molecule has 0 aliphatic carbocycles. The number of carbonyl (C=O) groups excluding carboxylic acids is 2. The Labute approximate surface area is 285 Å². The van der Waals surface area contributed by atoms with Crippen molar-refractivity contribution in [3.05, 3.63) is 144 Å². The molecule has 10 nitrogen and oxygen atoms in total. The van der Waals surface area contributed by atoms with Gasteiger partial charge in [-0.05, 0) is 72.8 Å². The number of nitrogens with one attached hydrogen (secondary N) is 1. The number of pyridine rings is 2. The number of halogens is 1. The highest BCUT2D eigenvalue weighted by Gasteiger charge is 2.19. The number of para-hydroxylation sites is 1. The van der Waals surface area contributed by atoms with Crippen LogP contribution in [0.15, 0.2) is 138 Å². The van der Waals surface area contributed by atoms with Gasteiger partial charge in [0, 0.05) is 44.4 Å². The van der Waals surface area contributed by atoms with Gasteiger partial charge in [0.1, 0.15) is 5.75 Å². The second-order valence-electron chi connectivity index (χ2n) is 11.0. The molecule has 3 aromatic heterocycles. The van der Waals surface area contributed by atoms with Crippen molar-refractivity contribution in [1.29, 1.82) is 0 Å². The molecule has 240 valence electrons. The molecule has 0 bridgehead atoms. The number of azo groups is 1. The number of fused-ring (bicyclic) bond motifs is 2. The largest absolute Gasteiger partial charge is 0.493 e. The molecule has 0 spiro atoms. The van der Waals surface area contributed by atoms with Crippen LogP contribution >= 0.6 is 11.6 Å². The summed E-state index contributed by atoms with van der Waals surface area (Å²) in [5, 5.41) is 24.1. The van der Waals surface area contributed by atoms with E-state index in [-0.39, 0.29) is 24.0 Å². The van der Waals surface area contributed by atoms with Crippen molar-refractivity contribution in [2.45, 2.75) is 6.67 Å². The predicted molar refractivity (Wildman–Crippen MR) is 189 cm³/mol. The van der Waals surface area contributed by atoms with Crippen LogP contribution in [0.3, 0.4) is 0 Å².